The van der Waals surface area contributed by atoms with Crippen LogP contribution in [-0.4, -0.2) is 62.6 Å². The molecule has 0 aliphatic rings. The van der Waals surface area contributed by atoms with E-state index in [4.69, 9.17) is 22.9 Å². The summed E-state index contributed by atoms with van der Waals surface area (Å²) in [5, 5.41) is 9.46. The van der Waals surface area contributed by atoms with Crippen LogP contribution in [0.2, 0.25) is 0 Å². The molecule has 0 saturated heterocycles. The molecule has 0 aliphatic carbocycles. The fourth-order valence-electron chi connectivity index (χ4n) is 3.25. The van der Waals surface area contributed by atoms with Crippen LogP contribution < -0.4 is 38.9 Å². The maximum atomic E-state index is 5.96. The van der Waals surface area contributed by atoms with E-state index in [1.807, 2.05) is 0 Å². The zero-order valence-electron chi connectivity index (χ0n) is 21.5. The van der Waals surface area contributed by atoms with Gasteiger partial charge in [0.1, 0.15) is 0 Å². The summed E-state index contributed by atoms with van der Waals surface area (Å²) in [4.78, 5) is 16.3. The lowest BCUT2D eigenvalue weighted by Gasteiger charge is -2.26. The average molecular weight is 468 g/mol. The lowest BCUT2D eigenvalue weighted by atomic mass is 9.97. The second kappa shape index (κ2) is 17.8. The van der Waals surface area contributed by atoms with Gasteiger partial charge in [-0.15, -0.1) is 0 Å². The second-order valence-corrected chi connectivity index (χ2v) is 8.95. The molecule has 0 saturated carbocycles. The molecular weight excluding hydrogens is 418 g/mol. The number of nitrogens with two attached hydrogens (primary N) is 4. The molecule has 0 fully saturated rings. The predicted molar refractivity (Wildman–Crippen MR) is 143 cm³/mol. The standard InChI is InChI=1S/C22H49N11/c1-17(13-9-6-7-11-15-29-18(23)27-4)31-21(26)32-20(25)30-16-12-8-10-14-22(2,3)33-19(24)28-5/h17H,6-16H2,1-5H3,(H3,23,27,29)(H3,24,28,33)(H5,25,26,30,31,32). The predicted octanol–water partition coefficient (Wildman–Crippen LogP) is 0.952. The topological polar surface area (TPSA) is 190 Å². The maximum absolute atomic E-state index is 5.96. The molecule has 192 valence electrons. The second-order valence-electron chi connectivity index (χ2n) is 8.95. The summed E-state index contributed by atoms with van der Waals surface area (Å²) in [6.45, 7) is 7.81. The molecule has 0 spiro atoms. The first kappa shape index (κ1) is 30.3. The van der Waals surface area contributed by atoms with Crippen molar-refractivity contribution < 1.29 is 0 Å². The highest BCUT2D eigenvalue weighted by Crippen LogP contribution is 2.13. The van der Waals surface area contributed by atoms with Crippen LogP contribution in [0.1, 0.15) is 78.6 Å². The molecule has 0 aliphatic heterocycles. The van der Waals surface area contributed by atoms with Crippen LogP contribution in [0.15, 0.2) is 20.0 Å². The summed E-state index contributed by atoms with van der Waals surface area (Å²) < 4.78 is 0. The number of nitrogens with one attached hydrogen (secondary N) is 3. The molecule has 11 nitrogen and oxygen atoms in total. The summed E-state index contributed by atoms with van der Waals surface area (Å²) in [5.41, 5.74) is 23.1. The smallest absolute Gasteiger partial charge is 0.218 e. The van der Waals surface area contributed by atoms with Crippen LogP contribution in [-0.2, 0) is 0 Å². The summed E-state index contributed by atoms with van der Waals surface area (Å²) >= 11 is 0. The Hall–Kier alpha value is -2.72. The van der Waals surface area contributed by atoms with E-state index in [-0.39, 0.29) is 17.5 Å². The lowest BCUT2D eigenvalue weighted by molar-refractivity contribution is 0.402. The zero-order valence-corrected chi connectivity index (χ0v) is 21.5. The van der Waals surface area contributed by atoms with Crippen molar-refractivity contribution in [3.8, 4) is 0 Å². The molecular formula is C22H49N11. The van der Waals surface area contributed by atoms with Crippen LogP contribution >= 0.6 is 0 Å². The monoisotopic (exact) mass is 467 g/mol. The van der Waals surface area contributed by atoms with E-state index in [9.17, 15) is 0 Å². The van der Waals surface area contributed by atoms with Crippen molar-refractivity contribution in [2.75, 3.05) is 27.2 Å². The number of hydrogen-bond acceptors (Lipinski definition) is 3. The first-order valence-corrected chi connectivity index (χ1v) is 12.0. The molecule has 1 unspecified atom stereocenters. The van der Waals surface area contributed by atoms with Crippen LogP contribution in [0.3, 0.4) is 0 Å². The van der Waals surface area contributed by atoms with Crippen molar-refractivity contribution in [2.24, 2.45) is 42.9 Å². The molecule has 1 atom stereocenters. The third kappa shape index (κ3) is 18.5. The lowest BCUT2D eigenvalue weighted by Crippen LogP contribution is -2.47. The molecule has 33 heavy (non-hydrogen) atoms. The molecule has 11 N–H and O–H groups in total. The minimum Gasteiger partial charge on any atom is -0.370 e. The average Bonchev–Trinajstić information content (AvgIpc) is 2.74. The van der Waals surface area contributed by atoms with Gasteiger partial charge in [0.15, 0.2) is 17.9 Å². The molecule has 0 amide bonds. The van der Waals surface area contributed by atoms with Gasteiger partial charge < -0.3 is 38.9 Å². The quantitative estimate of drug-likeness (QED) is 0.106. The Bertz CT molecular complexity index is 638. The molecule has 0 radical (unpaired) electrons. The fraction of sp³-hybridized carbons (Fsp3) is 0.818. The number of rotatable bonds is 15. The van der Waals surface area contributed by atoms with E-state index in [0.29, 0.717) is 24.4 Å². The van der Waals surface area contributed by atoms with Crippen molar-refractivity contribution in [3.63, 3.8) is 0 Å². The van der Waals surface area contributed by atoms with E-state index < -0.39 is 0 Å². The van der Waals surface area contributed by atoms with Gasteiger partial charge in [-0.1, -0.05) is 32.1 Å². The van der Waals surface area contributed by atoms with Gasteiger partial charge in [-0.25, -0.2) is 0 Å². The molecule has 0 bridgehead atoms. The Morgan fingerprint density at radius 1 is 0.818 bits per heavy atom. The van der Waals surface area contributed by atoms with Crippen molar-refractivity contribution in [3.05, 3.63) is 0 Å². The zero-order chi connectivity index (χ0) is 25.1. The molecule has 0 aromatic carbocycles. The molecule has 0 rings (SSSR count). The van der Waals surface area contributed by atoms with Crippen molar-refractivity contribution >= 4 is 23.8 Å². The summed E-state index contributed by atoms with van der Waals surface area (Å²) in [5.74, 6) is 1.48. The van der Waals surface area contributed by atoms with Gasteiger partial charge in [0.2, 0.25) is 5.96 Å². The third-order valence-corrected chi connectivity index (χ3v) is 5.18. The minimum atomic E-state index is -0.0807. The number of nitrogens with zero attached hydrogens (tertiary/aromatic N) is 4. The Labute approximate surface area is 200 Å². The van der Waals surface area contributed by atoms with Crippen molar-refractivity contribution in [1.29, 1.82) is 0 Å². The van der Waals surface area contributed by atoms with E-state index in [0.717, 1.165) is 64.3 Å². The first-order valence-electron chi connectivity index (χ1n) is 12.0. The molecule has 0 aromatic rings. The highest BCUT2D eigenvalue weighted by molar-refractivity contribution is 5.93. The summed E-state index contributed by atoms with van der Waals surface area (Å²) in [7, 11) is 3.35. The van der Waals surface area contributed by atoms with Gasteiger partial charge in [0.05, 0.1) is 0 Å². The minimum absolute atomic E-state index is 0.0807. The van der Waals surface area contributed by atoms with Gasteiger partial charge in [-0.3, -0.25) is 15.0 Å². The maximum Gasteiger partial charge on any atom is 0.218 e. The Balaban J connectivity index is 3.97. The SMILES string of the molecule is CN=C(N)NCCCCCCC(C)NC(N)=NC(N)=NCCCCCC(C)(C)NC(N)=NC. The molecule has 11 heteroatoms. The van der Waals surface area contributed by atoms with Gasteiger partial charge in [0, 0.05) is 38.8 Å². The van der Waals surface area contributed by atoms with Crippen LogP contribution in [0.5, 0.6) is 0 Å². The molecule has 0 heterocycles. The van der Waals surface area contributed by atoms with Crippen LogP contribution in [0, 0.1) is 0 Å². The largest absolute Gasteiger partial charge is 0.370 e. The highest BCUT2D eigenvalue weighted by Gasteiger charge is 2.17. The van der Waals surface area contributed by atoms with Gasteiger partial charge in [0.25, 0.3) is 0 Å². The first-order chi connectivity index (χ1) is 15.6. The third-order valence-electron chi connectivity index (χ3n) is 5.18. The van der Waals surface area contributed by atoms with Crippen molar-refractivity contribution in [1.82, 2.24) is 16.0 Å². The van der Waals surface area contributed by atoms with Gasteiger partial charge in [-0.05, 0) is 46.5 Å². The van der Waals surface area contributed by atoms with E-state index in [1.54, 1.807) is 14.1 Å². The Morgan fingerprint density at radius 2 is 1.45 bits per heavy atom. The molecule has 0 aromatic heterocycles. The number of unbranched alkanes of at least 4 members (excludes halogenated alkanes) is 5. The fourth-order valence-corrected chi connectivity index (χ4v) is 3.25. The Morgan fingerprint density at radius 3 is 2.12 bits per heavy atom. The van der Waals surface area contributed by atoms with E-state index >= 15 is 0 Å². The number of guanidine groups is 4. The number of hydrogen-bond donors (Lipinski definition) is 7. The van der Waals surface area contributed by atoms with Crippen molar-refractivity contribution in [2.45, 2.75) is 90.1 Å². The van der Waals surface area contributed by atoms with E-state index in [1.165, 1.54) is 0 Å². The van der Waals surface area contributed by atoms with Crippen LogP contribution in [0.4, 0.5) is 0 Å². The summed E-state index contributed by atoms with van der Waals surface area (Å²) in [6.07, 6.45) is 9.57. The van der Waals surface area contributed by atoms with E-state index in [2.05, 4.69) is 56.7 Å². The van der Waals surface area contributed by atoms with Gasteiger partial charge in [-0.2, -0.15) is 4.99 Å². The van der Waals surface area contributed by atoms with Crippen LogP contribution in [0.25, 0.3) is 0 Å². The highest BCUT2D eigenvalue weighted by atomic mass is 15.2. The summed E-state index contributed by atoms with van der Waals surface area (Å²) in [6, 6.07) is 0.228. The Kier molecular flexibility index (Phi) is 16.3. The van der Waals surface area contributed by atoms with Gasteiger partial charge >= 0.3 is 0 Å². The number of aliphatic imine (C=N–C) groups is 4. The normalized spacial score (nSPS) is 14.8.